The number of fused-ring (bicyclic) bond motifs is 3. The number of hydrogen-bond donors (Lipinski definition) is 2. The molecule has 1 saturated heterocycles. The van der Waals surface area contributed by atoms with Crippen LogP contribution >= 0.6 is 11.6 Å². The fraction of sp³-hybridized carbons (Fsp3) is 0.290. The smallest absolute Gasteiger partial charge is 0.478 e. The van der Waals surface area contributed by atoms with Gasteiger partial charge >= 0.3 is 19.2 Å². The van der Waals surface area contributed by atoms with Crippen LogP contribution in [0.4, 0.5) is 4.79 Å². The predicted molar refractivity (Wildman–Crippen MR) is 156 cm³/mol. The first-order valence-electron chi connectivity index (χ1n) is 13.1. The summed E-state index contributed by atoms with van der Waals surface area (Å²) in [6.45, 7) is 8.04. The van der Waals surface area contributed by atoms with Crippen molar-refractivity contribution in [2.24, 2.45) is 0 Å². The first-order valence-corrected chi connectivity index (χ1v) is 13.5. The number of halogens is 1. The van der Waals surface area contributed by atoms with E-state index in [4.69, 9.17) is 25.6 Å². The number of ether oxygens (including phenoxy) is 1. The SMILES string of the molecule is CC1(C)OB(C(=Cc2ccc(C(=O)O)cc2Cl)CNC(=O)OCC2c3ccccc3-c3ccccc32)OC1(C)C. The maximum Gasteiger partial charge on any atom is 0.492 e. The van der Waals surface area contributed by atoms with Crippen LogP contribution in [-0.4, -0.2) is 48.6 Å². The molecule has 0 spiro atoms. The maximum absolute atomic E-state index is 12.9. The van der Waals surface area contributed by atoms with Crippen molar-refractivity contribution in [3.05, 3.63) is 99.5 Å². The molecular formula is C31H31BClNO6. The molecule has 206 valence electrons. The zero-order valence-electron chi connectivity index (χ0n) is 22.9. The number of hydrogen-bond acceptors (Lipinski definition) is 5. The van der Waals surface area contributed by atoms with Crippen LogP contribution in [0.5, 0.6) is 0 Å². The number of amides is 1. The average Bonchev–Trinajstić information content (AvgIpc) is 3.34. The number of carbonyl (C=O) groups is 2. The van der Waals surface area contributed by atoms with Gasteiger partial charge in [-0.1, -0.05) is 72.3 Å². The van der Waals surface area contributed by atoms with Crippen LogP contribution in [0.2, 0.25) is 5.02 Å². The molecule has 2 aliphatic rings. The van der Waals surface area contributed by atoms with Crippen LogP contribution in [0.15, 0.2) is 72.2 Å². The topological polar surface area (TPSA) is 94.1 Å². The summed E-state index contributed by atoms with van der Waals surface area (Å²) in [6, 6.07) is 20.8. The number of carbonyl (C=O) groups excluding carboxylic acids is 1. The largest absolute Gasteiger partial charge is 0.492 e. The summed E-state index contributed by atoms with van der Waals surface area (Å²) in [6.07, 6.45) is 1.18. The monoisotopic (exact) mass is 559 g/mol. The number of rotatable bonds is 7. The standard InChI is InChI=1S/C31H31BClNO6/c1-30(2)31(3,4)40-32(39-30)21(15-19-13-14-20(28(35)36)16-27(19)33)17-34-29(37)38-18-26-24-11-7-5-9-22(24)23-10-6-8-12-25(23)26/h5-16,26H,17-18H2,1-4H3,(H,34,37)(H,35,36). The lowest BCUT2D eigenvalue weighted by molar-refractivity contribution is 0.00578. The van der Waals surface area contributed by atoms with Crippen molar-refractivity contribution in [3.8, 4) is 11.1 Å². The van der Waals surface area contributed by atoms with E-state index < -0.39 is 30.4 Å². The molecule has 0 bridgehead atoms. The highest BCUT2D eigenvalue weighted by Gasteiger charge is 2.52. The number of carboxylic acid groups (broad SMARTS) is 1. The van der Waals surface area contributed by atoms with E-state index in [0.29, 0.717) is 11.0 Å². The molecule has 5 rings (SSSR count). The fourth-order valence-electron chi connectivity index (χ4n) is 5.00. The van der Waals surface area contributed by atoms with E-state index in [-0.39, 0.29) is 29.7 Å². The normalized spacial score (nSPS) is 17.3. The first-order chi connectivity index (χ1) is 19.0. The number of aromatic carboxylic acids is 1. The Balaban J connectivity index is 1.32. The fourth-order valence-corrected chi connectivity index (χ4v) is 5.23. The highest BCUT2D eigenvalue weighted by molar-refractivity contribution is 6.56. The van der Waals surface area contributed by atoms with E-state index in [1.165, 1.54) is 12.1 Å². The maximum atomic E-state index is 12.9. The minimum Gasteiger partial charge on any atom is -0.478 e. The van der Waals surface area contributed by atoms with Crippen LogP contribution < -0.4 is 5.32 Å². The van der Waals surface area contributed by atoms with E-state index in [1.807, 2.05) is 52.0 Å². The summed E-state index contributed by atoms with van der Waals surface area (Å²) in [5, 5.41) is 12.4. The van der Waals surface area contributed by atoms with Crippen LogP contribution in [0, 0.1) is 0 Å². The van der Waals surface area contributed by atoms with Crippen molar-refractivity contribution in [2.45, 2.75) is 44.8 Å². The molecule has 3 aromatic carbocycles. The van der Waals surface area contributed by atoms with Gasteiger partial charge in [0.2, 0.25) is 0 Å². The van der Waals surface area contributed by atoms with Gasteiger partial charge in [0.1, 0.15) is 6.61 Å². The van der Waals surface area contributed by atoms with Gasteiger partial charge < -0.3 is 24.5 Å². The summed E-state index contributed by atoms with van der Waals surface area (Å²) in [7, 11) is -0.755. The molecule has 0 unspecified atom stereocenters. The lowest BCUT2D eigenvalue weighted by Crippen LogP contribution is -2.41. The summed E-state index contributed by atoms with van der Waals surface area (Å²) in [5.74, 6) is -1.12. The van der Waals surface area contributed by atoms with Crippen molar-refractivity contribution in [1.82, 2.24) is 5.32 Å². The molecule has 9 heteroatoms. The van der Waals surface area contributed by atoms with Gasteiger partial charge in [-0.25, -0.2) is 9.59 Å². The highest BCUT2D eigenvalue weighted by Crippen LogP contribution is 2.44. The molecule has 1 aliphatic heterocycles. The molecule has 7 nitrogen and oxygen atoms in total. The molecule has 1 amide bonds. The second kappa shape index (κ2) is 10.8. The van der Waals surface area contributed by atoms with Crippen molar-refractivity contribution >= 4 is 36.9 Å². The van der Waals surface area contributed by atoms with Crippen molar-refractivity contribution in [1.29, 1.82) is 0 Å². The van der Waals surface area contributed by atoms with Gasteiger partial charge in [-0.05, 0) is 73.1 Å². The summed E-state index contributed by atoms with van der Waals surface area (Å²) < 4.78 is 18.2. The van der Waals surface area contributed by atoms with Gasteiger partial charge in [0, 0.05) is 17.5 Å². The van der Waals surface area contributed by atoms with E-state index >= 15 is 0 Å². The van der Waals surface area contributed by atoms with Crippen LogP contribution in [0.1, 0.15) is 60.7 Å². The summed E-state index contributed by atoms with van der Waals surface area (Å²) in [5.41, 5.74) is 4.64. The van der Waals surface area contributed by atoms with Crippen LogP contribution in [0.25, 0.3) is 17.2 Å². The molecule has 1 fully saturated rings. The quantitative estimate of drug-likeness (QED) is 0.317. The van der Waals surface area contributed by atoms with E-state index in [9.17, 15) is 14.7 Å². The molecule has 1 aliphatic carbocycles. The Morgan fingerprint density at radius 3 is 2.10 bits per heavy atom. The number of benzene rings is 3. The lowest BCUT2D eigenvalue weighted by Gasteiger charge is -2.32. The molecule has 3 aromatic rings. The first kappa shape index (κ1) is 28.0. The Labute approximate surface area is 239 Å². The average molecular weight is 560 g/mol. The van der Waals surface area contributed by atoms with Gasteiger partial charge in [-0.3, -0.25) is 0 Å². The zero-order chi connectivity index (χ0) is 28.7. The Morgan fingerprint density at radius 2 is 1.55 bits per heavy atom. The third-order valence-electron chi connectivity index (χ3n) is 7.92. The van der Waals surface area contributed by atoms with E-state index in [2.05, 4.69) is 29.6 Å². The molecule has 0 aromatic heterocycles. The van der Waals surface area contributed by atoms with Gasteiger partial charge in [-0.2, -0.15) is 0 Å². The van der Waals surface area contributed by atoms with Gasteiger partial charge in [0.15, 0.2) is 0 Å². The number of carboxylic acids is 1. The second-order valence-corrected chi connectivity index (χ2v) is 11.4. The van der Waals surface area contributed by atoms with E-state index in [0.717, 1.165) is 22.3 Å². The Bertz CT molecular complexity index is 1440. The highest BCUT2D eigenvalue weighted by atomic mass is 35.5. The number of nitrogens with one attached hydrogen (secondary N) is 1. The molecule has 40 heavy (non-hydrogen) atoms. The number of alkyl carbamates (subject to hydrolysis) is 1. The van der Waals surface area contributed by atoms with Crippen LogP contribution in [0.3, 0.4) is 0 Å². The third kappa shape index (κ3) is 5.39. The molecule has 1 heterocycles. The van der Waals surface area contributed by atoms with Gasteiger partial charge in [0.05, 0.1) is 16.8 Å². The molecular weight excluding hydrogens is 529 g/mol. The van der Waals surface area contributed by atoms with Crippen molar-refractivity contribution in [2.75, 3.05) is 13.2 Å². The Kier molecular flexibility index (Phi) is 7.53. The second-order valence-electron chi connectivity index (χ2n) is 11.0. The van der Waals surface area contributed by atoms with Gasteiger partial charge in [0.25, 0.3) is 0 Å². The Hall–Kier alpha value is -3.59. The zero-order valence-corrected chi connectivity index (χ0v) is 23.6. The van der Waals surface area contributed by atoms with Gasteiger partial charge in [-0.15, -0.1) is 0 Å². The van der Waals surface area contributed by atoms with Crippen LogP contribution in [-0.2, 0) is 14.0 Å². The molecule has 2 N–H and O–H groups in total. The Morgan fingerprint density at radius 1 is 0.975 bits per heavy atom. The molecule has 0 saturated carbocycles. The molecule has 0 radical (unpaired) electrons. The van der Waals surface area contributed by atoms with Crippen molar-refractivity contribution < 1.29 is 28.7 Å². The third-order valence-corrected chi connectivity index (χ3v) is 8.25. The summed E-state index contributed by atoms with van der Waals surface area (Å²) in [4.78, 5) is 24.2. The summed E-state index contributed by atoms with van der Waals surface area (Å²) >= 11 is 6.40. The van der Waals surface area contributed by atoms with E-state index in [1.54, 1.807) is 12.1 Å². The lowest BCUT2D eigenvalue weighted by atomic mass is 9.77. The molecule has 0 atom stereocenters. The minimum absolute atomic E-state index is 0.0529. The predicted octanol–water partition coefficient (Wildman–Crippen LogP) is 6.59. The minimum atomic E-state index is -1.07. The van der Waals surface area contributed by atoms with Crippen molar-refractivity contribution in [3.63, 3.8) is 0 Å².